The monoisotopic (exact) mass is 455 g/mol. The van der Waals surface area contributed by atoms with Gasteiger partial charge in [-0.15, -0.1) is 0 Å². The van der Waals surface area contributed by atoms with Gasteiger partial charge in [-0.25, -0.2) is 9.97 Å². The number of anilines is 1. The number of aromatic amines is 1. The van der Waals surface area contributed by atoms with E-state index >= 15 is 0 Å². The number of aliphatic imine (C=N–C) groups is 1. The van der Waals surface area contributed by atoms with Crippen LogP contribution in [0.15, 0.2) is 64.5 Å². The Morgan fingerprint density at radius 1 is 1.10 bits per heavy atom. The fourth-order valence-corrected chi connectivity index (χ4v) is 3.11. The van der Waals surface area contributed by atoms with Crippen LogP contribution in [0.25, 0.3) is 0 Å². The van der Waals surface area contributed by atoms with Gasteiger partial charge in [0, 0.05) is 55.5 Å². The Kier molecular flexibility index (Phi) is 8.06. The molecule has 29 heavy (non-hydrogen) atoms. The topological polar surface area (TPSA) is 104 Å². The van der Waals surface area contributed by atoms with E-state index in [2.05, 4.69) is 76.8 Å². The minimum Gasteiger partial charge on any atom is -0.370 e. The number of pyridine rings is 1. The van der Waals surface area contributed by atoms with Crippen LogP contribution in [0.3, 0.4) is 0 Å². The molecule has 5 N–H and O–H groups in total. The molecule has 0 saturated heterocycles. The smallest absolute Gasteiger partial charge is 0.188 e. The molecule has 0 fully saturated rings. The quantitative estimate of drug-likeness (QED) is 0.213. The van der Waals surface area contributed by atoms with Crippen molar-refractivity contribution in [2.45, 2.75) is 19.3 Å². The van der Waals surface area contributed by atoms with E-state index in [0.717, 1.165) is 41.9 Å². The summed E-state index contributed by atoms with van der Waals surface area (Å²) in [5, 5.41) is 6.52. The van der Waals surface area contributed by atoms with Crippen molar-refractivity contribution >= 4 is 27.7 Å². The number of hydrogen-bond acceptors (Lipinski definition) is 4. The maximum Gasteiger partial charge on any atom is 0.188 e. The van der Waals surface area contributed by atoms with Crippen LogP contribution < -0.4 is 16.4 Å². The van der Waals surface area contributed by atoms with E-state index in [1.54, 1.807) is 6.20 Å². The molecule has 0 aliphatic carbocycles. The highest BCUT2D eigenvalue weighted by Gasteiger charge is 2.04. The van der Waals surface area contributed by atoms with Crippen molar-refractivity contribution in [2.75, 3.05) is 25.0 Å². The summed E-state index contributed by atoms with van der Waals surface area (Å²) >= 11 is 3.47. The first kappa shape index (κ1) is 20.9. The van der Waals surface area contributed by atoms with Gasteiger partial charge in [-0.05, 0) is 35.7 Å². The standard InChI is InChI=1S/C21H26BrN7/c22-18-6-4-16(5-7-18)15-17-3-1-9-26-20(17)27-10-2-11-28-21(23)29-12-8-19-24-13-14-25-19/h1,3-7,9,13-14H,2,8,10-12,15H2,(H,24,25)(H,26,27)(H3,23,28,29). The number of rotatable bonds is 10. The van der Waals surface area contributed by atoms with E-state index in [1.165, 1.54) is 11.1 Å². The third-order valence-corrected chi connectivity index (χ3v) is 4.86. The number of hydrogen-bond donors (Lipinski definition) is 4. The van der Waals surface area contributed by atoms with Crippen molar-refractivity contribution in [2.24, 2.45) is 10.7 Å². The normalized spacial score (nSPS) is 11.4. The lowest BCUT2D eigenvalue weighted by Crippen LogP contribution is -2.33. The highest BCUT2D eigenvalue weighted by Crippen LogP contribution is 2.18. The highest BCUT2D eigenvalue weighted by molar-refractivity contribution is 9.10. The van der Waals surface area contributed by atoms with Gasteiger partial charge in [0.05, 0.1) is 0 Å². The number of guanidine groups is 1. The van der Waals surface area contributed by atoms with Gasteiger partial charge in [0.15, 0.2) is 5.96 Å². The zero-order chi connectivity index (χ0) is 20.3. The molecule has 0 aliphatic heterocycles. The van der Waals surface area contributed by atoms with Crippen molar-refractivity contribution < 1.29 is 0 Å². The maximum atomic E-state index is 5.90. The fraction of sp³-hybridized carbons (Fsp3) is 0.286. The second kappa shape index (κ2) is 11.2. The zero-order valence-electron chi connectivity index (χ0n) is 16.2. The van der Waals surface area contributed by atoms with Crippen LogP contribution in [0, 0.1) is 0 Å². The minimum absolute atomic E-state index is 0.463. The SMILES string of the molecule is NC(=NCCCNc1ncccc1Cc1ccc(Br)cc1)NCCc1ncc[nH]1. The molecule has 0 bridgehead atoms. The number of nitrogens with two attached hydrogens (primary N) is 1. The summed E-state index contributed by atoms with van der Waals surface area (Å²) in [6, 6.07) is 12.4. The number of H-pyrrole nitrogens is 1. The summed E-state index contributed by atoms with van der Waals surface area (Å²) in [6.45, 7) is 2.14. The van der Waals surface area contributed by atoms with Crippen LogP contribution in [-0.2, 0) is 12.8 Å². The van der Waals surface area contributed by atoms with E-state index in [9.17, 15) is 0 Å². The van der Waals surface area contributed by atoms with Crippen LogP contribution >= 0.6 is 15.9 Å². The fourth-order valence-electron chi connectivity index (χ4n) is 2.85. The van der Waals surface area contributed by atoms with E-state index in [4.69, 9.17) is 5.73 Å². The first-order chi connectivity index (χ1) is 14.2. The van der Waals surface area contributed by atoms with E-state index < -0.39 is 0 Å². The van der Waals surface area contributed by atoms with Crippen LogP contribution in [-0.4, -0.2) is 40.5 Å². The molecule has 0 saturated carbocycles. The third-order valence-electron chi connectivity index (χ3n) is 4.33. The van der Waals surface area contributed by atoms with E-state index in [-0.39, 0.29) is 0 Å². The van der Waals surface area contributed by atoms with Gasteiger partial charge in [-0.1, -0.05) is 34.1 Å². The molecule has 0 atom stereocenters. The molecular weight excluding hydrogens is 430 g/mol. The summed E-state index contributed by atoms with van der Waals surface area (Å²) in [6.07, 6.45) is 7.86. The highest BCUT2D eigenvalue weighted by atomic mass is 79.9. The van der Waals surface area contributed by atoms with Crippen LogP contribution in [0.2, 0.25) is 0 Å². The number of aromatic nitrogens is 3. The van der Waals surface area contributed by atoms with Crippen molar-refractivity contribution in [3.05, 3.63) is 76.4 Å². The Balaban J connectivity index is 1.39. The molecule has 152 valence electrons. The van der Waals surface area contributed by atoms with E-state index in [0.29, 0.717) is 19.0 Å². The number of benzene rings is 1. The first-order valence-electron chi connectivity index (χ1n) is 9.65. The third kappa shape index (κ3) is 7.23. The van der Waals surface area contributed by atoms with Crippen LogP contribution in [0.5, 0.6) is 0 Å². The Hall–Kier alpha value is -2.87. The Morgan fingerprint density at radius 3 is 2.76 bits per heavy atom. The van der Waals surface area contributed by atoms with Gasteiger partial charge in [-0.2, -0.15) is 0 Å². The first-order valence-corrected chi connectivity index (χ1v) is 10.4. The number of nitrogens with zero attached hydrogens (tertiary/aromatic N) is 3. The van der Waals surface area contributed by atoms with Gasteiger partial charge in [0.2, 0.25) is 0 Å². The molecule has 0 aliphatic rings. The summed E-state index contributed by atoms with van der Waals surface area (Å²) < 4.78 is 1.08. The van der Waals surface area contributed by atoms with Crippen molar-refractivity contribution in [3.63, 3.8) is 0 Å². The molecular formula is C21H26BrN7. The zero-order valence-corrected chi connectivity index (χ0v) is 17.8. The Labute approximate surface area is 179 Å². The van der Waals surface area contributed by atoms with Gasteiger partial charge in [0.1, 0.15) is 11.6 Å². The van der Waals surface area contributed by atoms with Gasteiger partial charge in [0.25, 0.3) is 0 Å². The molecule has 3 rings (SSSR count). The summed E-state index contributed by atoms with van der Waals surface area (Å²) in [5.74, 6) is 2.32. The van der Waals surface area contributed by atoms with Crippen molar-refractivity contribution in [3.8, 4) is 0 Å². The molecule has 1 aromatic carbocycles. The van der Waals surface area contributed by atoms with Crippen molar-refractivity contribution in [1.82, 2.24) is 20.3 Å². The predicted molar refractivity (Wildman–Crippen MR) is 121 cm³/mol. The van der Waals surface area contributed by atoms with Crippen molar-refractivity contribution in [1.29, 1.82) is 0 Å². The van der Waals surface area contributed by atoms with Crippen LogP contribution in [0.4, 0.5) is 5.82 Å². The van der Waals surface area contributed by atoms with Crippen LogP contribution in [0.1, 0.15) is 23.4 Å². The summed E-state index contributed by atoms with van der Waals surface area (Å²) in [5.41, 5.74) is 8.33. The Morgan fingerprint density at radius 2 is 1.97 bits per heavy atom. The molecule has 0 spiro atoms. The second-order valence-corrected chi connectivity index (χ2v) is 7.49. The molecule has 8 heteroatoms. The molecule has 2 heterocycles. The lowest BCUT2D eigenvalue weighted by atomic mass is 10.1. The molecule has 0 unspecified atom stereocenters. The lowest BCUT2D eigenvalue weighted by molar-refractivity contribution is 0.802. The summed E-state index contributed by atoms with van der Waals surface area (Å²) in [4.78, 5) is 16.1. The molecule has 0 amide bonds. The molecule has 2 aromatic heterocycles. The van der Waals surface area contributed by atoms with Gasteiger partial charge >= 0.3 is 0 Å². The predicted octanol–water partition coefficient (Wildman–Crippen LogP) is 3.11. The number of imidazole rings is 1. The van der Waals surface area contributed by atoms with E-state index in [1.807, 2.05) is 18.5 Å². The number of halogens is 1. The largest absolute Gasteiger partial charge is 0.370 e. The van der Waals surface area contributed by atoms with Gasteiger partial charge in [-0.3, -0.25) is 4.99 Å². The Bertz CT molecular complexity index is 892. The van der Waals surface area contributed by atoms with Gasteiger partial charge < -0.3 is 21.4 Å². The average Bonchev–Trinajstić information content (AvgIpc) is 3.24. The number of nitrogens with one attached hydrogen (secondary N) is 3. The molecule has 0 radical (unpaired) electrons. The average molecular weight is 456 g/mol. The maximum absolute atomic E-state index is 5.90. The molecule has 7 nitrogen and oxygen atoms in total. The summed E-state index contributed by atoms with van der Waals surface area (Å²) in [7, 11) is 0. The minimum atomic E-state index is 0.463. The lowest BCUT2D eigenvalue weighted by Gasteiger charge is -2.11. The second-order valence-electron chi connectivity index (χ2n) is 6.57. The molecule has 3 aromatic rings.